The van der Waals surface area contributed by atoms with Crippen LogP contribution in [0.1, 0.15) is 65.4 Å². The van der Waals surface area contributed by atoms with Crippen LogP contribution >= 0.6 is 0 Å². The Balaban J connectivity index is 1.65. The summed E-state index contributed by atoms with van der Waals surface area (Å²) in [5, 5.41) is 1.52. The van der Waals surface area contributed by atoms with Crippen LogP contribution in [0.2, 0.25) is 0 Å². The number of fused-ring (bicyclic) bond motifs is 3. The second-order valence-electron chi connectivity index (χ2n) is 9.60. The average Bonchev–Trinajstić information content (AvgIpc) is 3.25. The van der Waals surface area contributed by atoms with Gasteiger partial charge in [-0.2, -0.15) is 0 Å². The third kappa shape index (κ3) is 3.79. The molecule has 5 aromatic rings. The van der Waals surface area contributed by atoms with Crippen LogP contribution in [0.4, 0.5) is 0 Å². The molecule has 5 rings (SSSR count). The van der Waals surface area contributed by atoms with Gasteiger partial charge in [0.1, 0.15) is 7.05 Å². The van der Waals surface area contributed by atoms with Gasteiger partial charge >= 0.3 is 0 Å². The lowest BCUT2D eigenvalue weighted by molar-refractivity contribution is -0.659. The van der Waals surface area contributed by atoms with E-state index in [4.69, 9.17) is 12.6 Å². The van der Waals surface area contributed by atoms with Crippen LogP contribution in [0, 0.1) is 6.92 Å². The Morgan fingerprint density at radius 3 is 2.29 bits per heavy atom. The molecular formula is C31H33N2O+. The van der Waals surface area contributed by atoms with Crippen LogP contribution in [-0.2, 0) is 12.5 Å². The highest BCUT2D eigenvalue weighted by Crippen LogP contribution is 2.37. The summed E-state index contributed by atoms with van der Waals surface area (Å²) in [5.74, 6) is 0.473. The summed E-state index contributed by atoms with van der Waals surface area (Å²) in [7, 11) is 2.00. The fraction of sp³-hybridized carbons (Fsp3) is 0.290. The van der Waals surface area contributed by atoms with E-state index >= 15 is 0 Å². The molecule has 0 aliphatic rings. The van der Waals surface area contributed by atoms with Gasteiger partial charge in [0, 0.05) is 41.7 Å². The lowest BCUT2D eigenvalue weighted by atomic mass is 9.91. The number of hydrogen-bond acceptors (Lipinski definition) is 2. The van der Waals surface area contributed by atoms with E-state index in [2.05, 4.69) is 66.0 Å². The number of aromatic nitrogens is 2. The normalized spacial score (nSPS) is 15.6. The van der Waals surface area contributed by atoms with Crippen molar-refractivity contribution in [1.29, 1.82) is 0 Å². The highest BCUT2D eigenvalue weighted by Gasteiger charge is 2.23. The predicted molar refractivity (Wildman–Crippen MR) is 141 cm³/mol. The zero-order valence-corrected chi connectivity index (χ0v) is 20.2. The largest absolute Gasteiger partial charge is 0.437 e. The molecular weight excluding hydrogens is 416 g/mol. The first kappa shape index (κ1) is 16.2. The van der Waals surface area contributed by atoms with Crippen molar-refractivity contribution in [2.45, 2.75) is 52.7 Å². The molecule has 0 radical (unpaired) electrons. The molecule has 3 aromatic heterocycles. The molecule has 0 aliphatic carbocycles. The van der Waals surface area contributed by atoms with Gasteiger partial charge in [0.05, 0.1) is 5.56 Å². The van der Waals surface area contributed by atoms with Crippen molar-refractivity contribution >= 4 is 22.1 Å². The molecule has 0 atom stereocenters. The Bertz CT molecular complexity index is 1720. The fourth-order valence-corrected chi connectivity index (χ4v) is 4.51. The smallest absolute Gasteiger partial charge is 0.227 e. The molecule has 0 unspecified atom stereocenters. The molecule has 0 bridgehead atoms. The molecule has 3 heteroatoms. The number of hydrogen-bond donors (Lipinski definition) is 0. The minimum Gasteiger partial charge on any atom is -0.437 e. The number of rotatable bonds is 3. The molecule has 3 nitrogen and oxygen atoms in total. The van der Waals surface area contributed by atoms with Gasteiger partial charge in [-0.3, -0.25) is 0 Å². The molecule has 0 spiro atoms. The summed E-state index contributed by atoms with van der Waals surface area (Å²) in [5.41, 5.74) is 5.01. The monoisotopic (exact) mass is 455 g/mol. The van der Waals surface area contributed by atoms with E-state index < -0.39 is 19.1 Å². The van der Waals surface area contributed by atoms with Crippen LogP contribution in [0.15, 0.2) is 71.3 Å². The van der Waals surface area contributed by atoms with Gasteiger partial charge < -0.3 is 4.42 Å². The first-order valence-electron chi connectivity index (χ1n) is 14.6. The van der Waals surface area contributed by atoms with Crippen LogP contribution in [0.5, 0.6) is 0 Å². The predicted octanol–water partition coefficient (Wildman–Crippen LogP) is 7.87. The third-order valence-corrected chi connectivity index (χ3v) is 6.53. The van der Waals surface area contributed by atoms with E-state index in [9.17, 15) is 0 Å². The first-order chi connectivity index (χ1) is 18.6. The topological polar surface area (TPSA) is 29.9 Å². The summed E-state index contributed by atoms with van der Waals surface area (Å²) in [4.78, 5) is 4.48. The number of nitrogens with zero attached hydrogens (tertiary/aromatic N) is 2. The SMILES string of the molecule is [2H]C([2H])([2H])C(C)(c1ccc2c(n1)oc1c(-c3ccc(-c4ccc(C(C)C)cc4)c[n+]3C)c(C)ccc12)C([2H])([2H])[2H]. The van der Waals surface area contributed by atoms with E-state index in [-0.39, 0.29) is 11.4 Å². The second-order valence-corrected chi connectivity index (χ2v) is 9.60. The molecule has 2 aromatic carbocycles. The zero-order valence-electron chi connectivity index (χ0n) is 26.2. The van der Waals surface area contributed by atoms with Gasteiger partial charge in [-0.25, -0.2) is 9.55 Å². The highest BCUT2D eigenvalue weighted by molar-refractivity contribution is 6.08. The van der Waals surface area contributed by atoms with E-state index in [1.807, 2.05) is 26.1 Å². The third-order valence-electron chi connectivity index (χ3n) is 6.53. The van der Waals surface area contributed by atoms with Gasteiger partial charge in [0.2, 0.25) is 11.4 Å². The first-order valence-corrected chi connectivity index (χ1v) is 11.6. The van der Waals surface area contributed by atoms with Crippen LogP contribution in [0.3, 0.4) is 0 Å². The zero-order chi connectivity index (χ0) is 29.2. The molecule has 0 aliphatic heterocycles. The molecule has 0 saturated carbocycles. The molecule has 34 heavy (non-hydrogen) atoms. The minimum atomic E-state index is -2.79. The van der Waals surface area contributed by atoms with Crippen molar-refractivity contribution in [2.75, 3.05) is 0 Å². The van der Waals surface area contributed by atoms with Crippen molar-refractivity contribution in [3.8, 4) is 22.4 Å². The van der Waals surface area contributed by atoms with E-state index in [1.54, 1.807) is 6.07 Å². The van der Waals surface area contributed by atoms with Crippen LogP contribution < -0.4 is 4.57 Å². The van der Waals surface area contributed by atoms with Crippen LogP contribution in [-0.4, -0.2) is 4.98 Å². The van der Waals surface area contributed by atoms with E-state index in [0.29, 0.717) is 16.9 Å². The Morgan fingerprint density at radius 1 is 0.912 bits per heavy atom. The lowest BCUT2D eigenvalue weighted by Gasteiger charge is -2.16. The summed E-state index contributed by atoms with van der Waals surface area (Å²) in [6.07, 6.45) is 2.09. The fourth-order valence-electron chi connectivity index (χ4n) is 4.51. The number of benzene rings is 2. The Labute approximate surface area is 210 Å². The van der Waals surface area contributed by atoms with E-state index in [1.165, 1.54) is 18.6 Å². The van der Waals surface area contributed by atoms with Crippen molar-refractivity contribution < 1.29 is 17.2 Å². The minimum absolute atomic E-state index is 0.0456. The molecule has 0 N–H and O–H groups in total. The van der Waals surface area contributed by atoms with E-state index in [0.717, 1.165) is 33.3 Å². The molecule has 0 amide bonds. The lowest BCUT2D eigenvalue weighted by Crippen LogP contribution is -2.31. The molecule has 3 heterocycles. The van der Waals surface area contributed by atoms with Crippen molar-refractivity contribution in [1.82, 2.24) is 4.98 Å². The maximum atomic E-state index is 8.00. The quantitative estimate of drug-likeness (QED) is 0.259. The second kappa shape index (κ2) is 8.09. The summed E-state index contributed by atoms with van der Waals surface area (Å²) < 4.78 is 56.4. The summed E-state index contributed by atoms with van der Waals surface area (Å²) >= 11 is 0. The van der Waals surface area contributed by atoms with Gasteiger partial charge in [0.25, 0.3) is 0 Å². The maximum Gasteiger partial charge on any atom is 0.227 e. The van der Waals surface area contributed by atoms with Gasteiger partial charge in [-0.15, -0.1) is 0 Å². The van der Waals surface area contributed by atoms with Crippen molar-refractivity contribution in [3.63, 3.8) is 0 Å². The van der Waals surface area contributed by atoms with Gasteiger partial charge in [-0.05, 0) is 47.7 Å². The Kier molecular flexibility index (Phi) is 3.86. The molecule has 0 saturated heterocycles. The van der Waals surface area contributed by atoms with Crippen molar-refractivity contribution in [3.05, 3.63) is 83.7 Å². The van der Waals surface area contributed by atoms with Gasteiger partial charge in [-0.1, -0.05) is 70.9 Å². The highest BCUT2D eigenvalue weighted by atomic mass is 16.3. The molecule has 0 fully saturated rings. The number of furan rings is 1. The Morgan fingerprint density at radius 2 is 1.62 bits per heavy atom. The Hall–Kier alpha value is -3.46. The number of aryl methyl sites for hydroxylation is 2. The van der Waals surface area contributed by atoms with Gasteiger partial charge in [0.15, 0.2) is 11.8 Å². The average molecular weight is 456 g/mol. The van der Waals surface area contributed by atoms with Crippen molar-refractivity contribution in [2.24, 2.45) is 7.05 Å². The summed E-state index contributed by atoms with van der Waals surface area (Å²) in [6, 6.07) is 20.0. The standard InChI is InChI=1S/C31H33N2O/c1-19(2)21-9-11-22(12-10-21)23-13-16-26(33(7)18-23)28-20(3)8-14-24-25-15-17-27(31(4,5)6)32-30(25)34-29(24)28/h8-19H,1-7H3/q+1/i4D3,5D3. The summed E-state index contributed by atoms with van der Waals surface area (Å²) in [6.45, 7) is 2.01. The molecule has 172 valence electrons. The maximum absolute atomic E-state index is 8.00. The number of pyridine rings is 2. The van der Waals surface area contributed by atoms with Crippen LogP contribution in [0.25, 0.3) is 44.5 Å².